The predicted octanol–water partition coefficient (Wildman–Crippen LogP) is 2.66. The first-order valence-electron chi connectivity index (χ1n) is 7.90. The molecule has 7 heteroatoms. The molecule has 1 aliphatic rings. The van der Waals surface area contributed by atoms with E-state index in [9.17, 15) is 8.42 Å². The number of rotatable bonds is 4. The fourth-order valence-electron chi connectivity index (χ4n) is 2.86. The molecule has 0 amide bonds. The molecule has 0 aromatic heterocycles. The minimum absolute atomic E-state index is 0. The maximum Gasteiger partial charge on any atom is 0.193 e. The molecule has 1 saturated heterocycles. The van der Waals surface area contributed by atoms with E-state index in [0.29, 0.717) is 12.0 Å². The number of guanidine groups is 1. The molecule has 0 aliphatic carbocycles. The first-order valence-corrected chi connectivity index (χ1v) is 9.96. The van der Waals surface area contributed by atoms with Crippen LogP contribution in [-0.4, -0.2) is 45.7 Å². The Kier molecular flexibility index (Phi) is 7.52. The van der Waals surface area contributed by atoms with Crippen molar-refractivity contribution in [3.63, 3.8) is 0 Å². The highest BCUT2D eigenvalue weighted by molar-refractivity contribution is 14.0. The fraction of sp³-hybridized carbons (Fsp3) is 0.588. The van der Waals surface area contributed by atoms with Gasteiger partial charge in [0.25, 0.3) is 0 Å². The molecule has 0 bridgehead atoms. The minimum atomic E-state index is -2.98. The van der Waals surface area contributed by atoms with E-state index in [1.165, 1.54) is 12.7 Å². The molecule has 1 heterocycles. The molecule has 24 heavy (non-hydrogen) atoms. The Morgan fingerprint density at radius 1 is 1.25 bits per heavy atom. The molecule has 1 aliphatic heterocycles. The highest BCUT2D eigenvalue weighted by Gasteiger charge is 2.30. The van der Waals surface area contributed by atoms with Crippen LogP contribution in [0, 0.1) is 5.41 Å². The van der Waals surface area contributed by atoms with Crippen LogP contribution in [0.2, 0.25) is 0 Å². The van der Waals surface area contributed by atoms with Crippen molar-refractivity contribution in [3.05, 3.63) is 35.4 Å². The van der Waals surface area contributed by atoms with Gasteiger partial charge >= 0.3 is 0 Å². The SMILES string of the molecule is CN=C(NCc1ccc(CS(C)(=O)=O)cc1)N1CCC(C)(C)C1.I. The molecule has 136 valence electrons. The molecule has 0 unspecified atom stereocenters. The van der Waals surface area contributed by atoms with Crippen LogP contribution < -0.4 is 5.32 Å². The third-order valence-electron chi connectivity index (χ3n) is 4.09. The number of hydrogen-bond acceptors (Lipinski definition) is 3. The van der Waals surface area contributed by atoms with Gasteiger partial charge in [-0.25, -0.2) is 8.42 Å². The summed E-state index contributed by atoms with van der Waals surface area (Å²) in [6, 6.07) is 7.68. The number of nitrogens with one attached hydrogen (secondary N) is 1. The highest BCUT2D eigenvalue weighted by Crippen LogP contribution is 2.28. The van der Waals surface area contributed by atoms with Crippen molar-refractivity contribution in [1.29, 1.82) is 0 Å². The summed E-state index contributed by atoms with van der Waals surface area (Å²) in [4.78, 5) is 6.66. The first-order chi connectivity index (χ1) is 10.7. The standard InChI is InChI=1S/C17H27N3O2S.HI/c1-17(2)9-10-20(13-17)16(18-3)19-11-14-5-7-15(8-6-14)12-23(4,21)22;/h5-8H,9-13H2,1-4H3,(H,18,19);1H. The largest absolute Gasteiger partial charge is 0.352 e. The Morgan fingerprint density at radius 3 is 2.29 bits per heavy atom. The summed E-state index contributed by atoms with van der Waals surface area (Å²) >= 11 is 0. The number of likely N-dealkylation sites (tertiary alicyclic amines) is 1. The maximum atomic E-state index is 11.3. The van der Waals surface area contributed by atoms with Gasteiger partial charge in [0.15, 0.2) is 15.8 Å². The van der Waals surface area contributed by atoms with Crippen molar-refractivity contribution in [2.45, 2.75) is 32.6 Å². The van der Waals surface area contributed by atoms with Gasteiger partial charge in [-0.05, 0) is 23.0 Å². The lowest BCUT2D eigenvalue weighted by Gasteiger charge is -2.23. The Labute approximate surface area is 162 Å². The number of halogens is 1. The third kappa shape index (κ3) is 6.58. The van der Waals surface area contributed by atoms with Gasteiger partial charge in [-0.2, -0.15) is 0 Å². The van der Waals surface area contributed by atoms with Crippen molar-refractivity contribution in [2.75, 3.05) is 26.4 Å². The van der Waals surface area contributed by atoms with Crippen molar-refractivity contribution in [3.8, 4) is 0 Å². The number of benzene rings is 1. The van der Waals surface area contributed by atoms with E-state index in [2.05, 4.69) is 29.1 Å². The average molecular weight is 465 g/mol. The zero-order valence-electron chi connectivity index (χ0n) is 14.9. The van der Waals surface area contributed by atoms with Gasteiger partial charge in [0.1, 0.15) is 0 Å². The van der Waals surface area contributed by atoms with Crippen molar-refractivity contribution in [1.82, 2.24) is 10.2 Å². The fourth-order valence-corrected chi connectivity index (χ4v) is 3.66. The number of hydrogen-bond donors (Lipinski definition) is 1. The summed E-state index contributed by atoms with van der Waals surface area (Å²) in [7, 11) is -1.17. The van der Waals surface area contributed by atoms with Crippen LogP contribution >= 0.6 is 24.0 Å². The van der Waals surface area contributed by atoms with Gasteiger partial charge in [-0.3, -0.25) is 4.99 Å². The van der Waals surface area contributed by atoms with Crippen LogP contribution in [0.1, 0.15) is 31.4 Å². The Morgan fingerprint density at radius 2 is 1.83 bits per heavy atom. The van der Waals surface area contributed by atoms with E-state index in [1.54, 1.807) is 0 Å². The molecule has 0 radical (unpaired) electrons. The first kappa shape index (κ1) is 21.2. The predicted molar refractivity (Wildman–Crippen MR) is 111 cm³/mol. The van der Waals surface area contributed by atoms with E-state index in [-0.39, 0.29) is 29.7 Å². The molecule has 1 N–H and O–H groups in total. The molecule has 0 saturated carbocycles. The lowest BCUT2D eigenvalue weighted by molar-refractivity contribution is 0.370. The lowest BCUT2D eigenvalue weighted by atomic mass is 9.93. The number of nitrogens with zero attached hydrogens (tertiary/aromatic N) is 2. The van der Waals surface area contributed by atoms with Gasteiger partial charge in [-0.1, -0.05) is 38.1 Å². The van der Waals surface area contributed by atoms with Crippen molar-refractivity contribution < 1.29 is 8.42 Å². The van der Waals surface area contributed by atoms with Crippen molar-refractivity contribution in [2.24, 2.45) is 10.4 Å². The zero-order valence-corrected chi connectivity index (χ0v) is 18.0. The highest BCUT2D eigenvalue weighted by atomic mass is 127. The molecule has 2 rings (SSSR count). The van der Waals surface area contributed by atoms with Crippen LogP contribution in [0.3, 0.4) is 0 Å². The van der Waals surface area contributed by atoms with Crippen molar-refractivity contribution >= 4 is 39.8 Å². The summed E-state index contributed by atoms with van der Waals surface area (Å²) in [5, 5.41) is 3.39. The van der Waals surface area contributed by atoms with E-state index < -0.39 is 9.84 Å². The Hall–Kier alpha value is -0.830. The van der Waals surface area contributed by atoms with Crippen LogP contribution in [0.15, 0.2) is 29.3 Å². The molecular formula is C17H28IN3O2S. The smallest absolute Gasteiger partial charge is 0.193 e. The number of aliphatic imine (C=N–C) groups is 1. The van der Waals surface area contributed by atoms with Gasteiger partial charge in [0.05, 0.1) is 5.75 Å². The van der Waals surface area contributed by atoms with Crippen LogP contribution in [0.25, 0.3) is 0 Å². The molecule has 0 atom stereocenters. The summed E-state index contributed by atoms with van der Waals surface area (Å²) in [6.45, 7) is 7.28. The monoisotopic (exact) mass is 465 g/mol. The quantitative estimate of drug-likeness (QED) is 0.422. The van der Waals surface area contributed by atoms with Gasteiger partial charge in [0.2, 0.25) is 0 Å². The summed E-state index contributed by atoms with van der Waals surface area (Å²) in [5.41, 5.74) is 2.27. The summed E-state index contributed by atoms with van der Waals surface area (Å²) in [5.74, 6) is 1.02. The zero-order chi connectivity index (χ0) is 17.1. The Bertz CT molecular complexity index is 670. The van der Waals surface area contributed by atoms with Gasteiger partial charge in [-0.15, -0.1) is 24.0 Å². The molecule has 1 aromatic carbocycles. The Balaban J connectivity index is 0.00000288. The second-order valence-electron chi connectivity index (χ2n) is 7.12. The normalized spacial score (nSPS) is 17.5. The van der Waals surface area contributed by atoms with E-state index in [4.69, 9.17) is 0 Å². The van der Waals surface area contributed by atoms with Gasteiger partial charge in [0, 0.05) is 32.9 Å². The second-order valence-corrected chi connectivity index (χ2v) is 9.26. The molecule has 5 nitrogen and oxygen atoms in total. The second kappa shape index (κ2) is 8.51. The molecular weight excluding hydrogens is 437 g/mol. The third-order valence-corrected chi connectivity index (χ3v) is 4.95. The molecule has 0 spiro atoms. The number of sulfone groups is 1. The summed E-state index contributed by atoms with van der Waals surface area (Å²) in [6.07, 6.45) is 2.43. The summed E-state index contributed by atoms with van der Waals surface area (Å²) < 4.78 is 22.6. The maximum absolute atomic E-state index is 11.3. The van der Waals surface area contributed by atoms with Crippen LogP contribution in [0.5, 0.6) is 0 Å². The molecule has 1 aromatic rings. The average Bonchev–Trinajstić information content (AvgIpc) is 2.80. The minimum Gasteiger partial charge on any atom is -0.352 e. The van der Waals surface area contributed by atoms with Gasteiger partial charge < -0.3 is 10.2 Å². The van der Waals surface area contributed by atoms with E-state index >= 15 is 0 Å². The van der Waals surface area contributed by atoms with E-state index in [1.807, 2.05) is 31.3 Å². The van der Waals surface area contributed by atoms with E-state index in [0.717, 1.165) is 30.2 Å². The van der Waals surface area contributed by atoms with Crippen LogP contribution in [0.4, 0.5) is 0 Å². The molecule has 1 fully saturated rings. The topological polar surface area (TPSA) is 61.8 Å². The lowest BCUT2D eigenvalue weighted by Crippen LogP contribution is -2.40. The van der Waals surface area contributed by atoms with Crippen LogP contribution in [-0.2, 0) is 22.1 Å².